The van der Waals surface area contributed by atoms with Crippen LogP contribution in [0.5, 0.6) is 0 Å². The molecule has 0 radical (unpaired) electrons. The first-order valence-corrected chi connectivity index (χ1v) is 12.4. The smallest absolute Gasteiger partial charge is 0.231 e. The maximum Gasteiger partial charge on any atom is 0.231 e. The van der Waals surface area contributed by atoms with Crippen LogP contribution in [0.3, 0.4) is 0 Å². The minimum atomic E-state index is -0.382. The third-order valence-corrected chi connectivity index (χ3v) is 9.58. The summed E-state index contributed by atoms with van der Waals surface area (Å²) in [4.78, 5) is 16.3. The fraction of sp³-hybridized carbons (Fsp3) is 0.552. The second kappa shape index (κ2) is 6.70. The number of hydrogen-bond donors (Lipinski definition) is 0. The molecule has 0 aromatic heterocycles. The molecule has 0 spiro atoms. The Kier molecular flexibility index (Phi) is 4.28. The molecule has 3 heteroatoms. The van der Waals surface area contributed by atoms with E-state index in [-0.39, 0.29) is 34.6 Å². The Balaban J connectivity index is 1.51. The van der Waals surface area contributed by atoms with Crippen molar-refractivity contribution in [1.82, 2.24) is 4.90 Å². The number of ether oxygens (including phenoxy) is 1. The molecule has 2 saturated carbocycles. The van der Waals surface area contributed by atoms with Gasteiger partial charge in [-0.1, -0.05) is 80.9 Å². The topological polar surface area (TPSA) is 29.5 Å². The summed E-state index contributed by atoms with van der Waals surface area (Å²) in [7, 11) is 0. The van der Waals surface area contributed by atoms with E-state index >= 15 is 0 Å². The first-order valence-electron chi connectivity index (χ1n) is 12.4. The van der Waals surface area contributed by atoms with Crippen molar-refractivity contribution in [3.63, 3.8) is 0 Å². The highest BCUT2D eigenvalue weighted by Crippen LogP contribution is 2.71. The Morgan fingerprint density at radius 1 is 0.906 bits per heavy atom. The number of hydrogen-bond acceptors (Lipinski definition) is 2. The van der Waals surface area contributed by atoms with Crippen molar-refractivity contribution in [3.05, 3.63) is 71.8 Å². The van der Waals surface area contributed by atoms with E-state index in [9.17, 15) is 4.79 Å². The number of amides is 1. The molecular weight excluding hydrogens is 394 g/mol. The second-order valence-corrected chi connectivity index (χ2v) is 11.7. The SMILES string of the molecule is C[C@@H]1CC[C@@H]2[C@@H](C1)O[C@H]1[C@@H]3C(c4ccccc4)(c4ccccc4)C[C@]3(C)C(=O)N1C2(C)C. The summed E-state index contributed by atoms with van der Waals surface area (Å²) in [6.07, 6.45) is 4.42. The maximum atomic E-state index is 14.1. The van der Waals surface area contributed by atoms with Gasteiger partial charge in [0, 0.05) is 22.8 Å². The average Bonchev–Trinajstić information content (AvgIpc) is 2.94. The van der Waals surface area contributed by atoms with Crippen LogP contribution in [0, 0.1) is 23.2 Å². The molecule has 0 unspecified atom stereocenters. The van der Waals surface area contributed by atoms with E-state index in [1.807, 2.05) is 0 Å². The predicted octanol–water partition coefficient (Wildman–Crippen LogP) is 5.78. The van der Waals surface area contributed by atoms with Crippen molar-refractivity contribution in [3.8, 4) is 0 Å². The predicted molar refractivity (Wildman–Crippen MR) is 126 cm³/mol. The molecule has 168 valence electrons. The largest absolute Gasteiger partial charge is 0.354 e. The zero-order valence-corrected chi connectivity index (χ0v) is 19.8. The van der Waals surface area contributed by atoms with Crippen LogP contribution in [0.2, 0.25) is 0 Å². The van der Waals surface area contributed by atoms with Crippen LogP contribution in [0.4, 0.5) is 0 Å². The van der Waals surface area contributed by atoms with Crippen LogP contribution in [-0.2, 0) is 14.9 Å². The van der Waals surface area contributed by atoms with Gasteiger partial charge in [0.2, 0.25) is 5.91 Å². The van der Waals surface area contributed by atoms with Gasteiger partial charge in [-0.05, 0) is 50.2 Å². The summed E-state index contributed by atoms with van der Waals surface area (Å²) in [5.41, 5.74) is 1.86. The average molecular weight is 430 g/mol. The molecule has 2 saturated heterocycles. The van der Waals surface area contributed by atoms with Crippen LogP contribution in [0.1, 0.15) is 64.5 Å². The highest BCUT2D eigenvalue weighted by Gasteiger charge is 2.77. The van der Waals surface area contributed by atoms with Crippen molar-refractivity contribution in [1.29, 1.82) is 0 Å². The molecule has 2 aromatic rings. The number of carbonyl (C=O) groups is 1. The van der Waals surface area contributed by atoms with Crippen molar-refractivity contribution in [2.45, 2.75) is 76.7 Å². The summed E-state index contributed by atoms with van der Waals surface area (Å²) in [5, 5.41) is 0. The Morgan fingerprint density at radius 3 is 2.09 bits per heavy atom. The molecule has 1 amide bonds. The zero-order valence-electron chi connectivity index (χ0n) is 19.8. The zero-order chi connectivity index (χ0) is 22.3. The summed E-state index contributed by atoms with van der Waals surface area (Å²) >= 11 is 0. The minimum Gasteiger partial charge on any atom is -0.354 e. The summed E-state index contributed by atoms with van der Waals surface area (Å²) < 4.78 is 6.99. The van der Waals surface area contributed by atoms with Crippen LogP contribution in [0.15, 0.2) is 60.7 Å². The highest BCUT2D eigenvalue weighted by atomic mass is 16.5. The van der Waals surface area contributed by atoms with Gasteiger partial charge in [0.1, 0.15) is 6.23 Å². The lowest BCUT2D eigenvalue weighted by Crippen LogP contribution is -2.66. The van der Waals surface area contributed by atoms with Gasteiger partial charge in [0.15, 0.2) is 0 Å². The number of fused-ring (bicyclic) bond motifs is 4. The van der Waals surface area contributed by atoms with Gasteiger partial charge >= 0.3 is 0 Å². The van der Waals surface area contributed by atoms with Gasteiger partial charge in [0.05, 0.1) is 11.5 Å². The molecule has 2 aliphatic heterocycles. The first-order chi connectivity index (χ1) is 15.3. The lowest BCUT2D eigenvalue weighted by atomic mass is 9.42. The number of benzene rings is 2. The molecule has 0 N–H and O–H groups in total. The fourth-order valence-electron chi connectivity index (χ4n) is 8.09. The van der Waals surface area contributed by atoms with Crippen LogP contribution in [0.25, 0.3) is 0 Å². The highest BCUT2D eigenvalue weighted by molar-refractivity contribution is 5.89. The molecule has 4 fully saturated rings. The van der Waals surface area contributed by atoms with Crippen LogP contribution >= 0.6 is 0 Å². The van der Waals surface area contributed by atoms with Crippen LogP contribution < -0.4 is 0 Å². The van der Waals surface area contributed by atoms with E-state index < -0.39 is 0 Å². The second-order valence-electron chi connectivity index (χ2n) is 11.7. The van der Waals surface area contributed by atoms with Gasteiger partial charge < -0.3 is 9.64 Å². The first kappa shape index (κ1) is 20.5. The van der Waals surface area contributed by atoms with Gasteiger partial charge in [-0.3, -0.25) is 4.79 Å². The van der Waals surface area contributed by atoms with Crippen LogP contribution in [-0.4, -0.2) is 28.7 Å². The summed E-state index contributed by atoms with van der Waals surface area (Å²) in [6, 6.07) is 21.7. The third kappa shape index (κ3) is 2.44. The van der Waals surface area contributed by atoms with Crippen molar-refractivity contribution >= 4 is 5.91 Å². The molecule has 2 aromatic carbocycles. The number of nitrogens with zero attached hydrogens (tertiary/aromatic N) is 1. The van der Waals surface area contributed by atoms with Gasteiger partial charge in [0.25, 0.3) is 0 Å². The Hall–Kier alpha value is -2.13. The molecule has 32 heavy (non-hydrogen) atoms. The molecule has 6 rings (SSSR count). The normalized spacial score (nSPS) is 38.9. The lowest BCUT2D eigenvalue weighted by molar-refractivity contribution is -0.238. The molecular formula is C29H35NO2. The molecule has 6 atom stereocenters. The fourth-order valence-corrected chi connectivity index (χ4v) is 8.09. The Bertz CT molecular complexity index is 992. The standard InChI is InChI=1S/C29H35NO2/c1-19-15-16-22-23(17-19)32-25-24-28(4,26(31)30(25)27(22,2)3)18-29(24,20-11-7-5-8-12-20)21-13-9-6-10-14-21/h5-14,19,22-25H,15-18H2,1-4H3/t19-,22-,23-,24+,25+,28+/m1/s1. The molecule has 0 bridgehead atoms. The van der Waals surface area contributed by atoms with E-state index in [0.717, 1.165) is 19.3 Å². The third-order valence-electron chi connectivity index (χ3n) is 9.58. The Morgan fingerprint density at radius 2 is 1.50 bits per heavy atom. The lowest BCUT2D eigenvalue weighted by Gasteiger charge is -2.60. The van der Waals surface area contributed by atoms with Gasteiger partial charge in [-0.15, -0.1) is 0 Å². The van der Waals surface area contributed by atoms with E-state index in [1.165, 1.54) is 17.5 Å². The molecule has 2 heterocycles. The molecule has 2 aliphatic carbocycles. The number of rotatable bonds is 2. The summed E-state index contributed by atoms with van der Waals surface area (Å²) in [6.45, 7) is 9.16. The van der Waals surface area contributed by atoms with Gasteiger partial charge in [-0.2, -0.15) is 0 Å². The van der Waals surface area contributed by atoms with Crippen molar-refractivity contribution in [2.75, 3.05) is 0 Å². The maximum absolute atomic E-state index is 14.1. The van der Waals surface area contributed by atoms with E-state index in [4.69, 9.17) is 4.74 Å². The quantitative estimate of drug-likeness (QED) is 0.605. The number of carbonyl (C=O) groups excluding carboxylic acids is 1. The van der Waals surface area contributed by atoms with Gasteiger partial charge in [-0.25, -0.2) is 0 Å². The van der Waals surface area contributed by atoms with Crippen molar-refractivity contribution < 1.29 is 9.53 Å². The van der Waals surface area contributed by atoms with E-state index in [0.29, 0.717) is 17.7 Å². The van der Waals surface area contributed by atoms with Crippen molar-refractivity contribution in [2.24, 2.45) is 23.2 Å². The summed E-state index contributed by atoms with van der Waals surface area (Å²) in [5.74, 6) is 1.53. The monoisotopic (exact) mass is 429 g/mol. The minimum absolute atomic E-state index is 0.116. The van der Waals surface area contributed by atoms with E-state index in [1.54, 1.807) is 0 Å². The molecule has 4 aliphatic rings. The van der Waals surface area contributed by atoms with E-state index in [2.05, 4.69) is 93.3 Å². The molecule has 3 nitrogen and oxygen atoms in total. The Labute approximate surface area is 192 Å².